The number of hydrogen-bond acceptors (Lipinski definition) is 5. The number of carbonyl (C=O) groups excluding carboxylic acids is 1. The second-order valence-corrected chi connectivity index (χ2v) is 7.81. The van der Waals surface area contributed by atoms with Crippen molar-refractivity contribution in [3.8, 4) is 5.75 Å². The van der Waals surface area contributed by atoms with Crippen LogP contribution < -0.4 is 9.88 Å². The molecule has 0 radical (unpaired) electrons. The van der Waals surface area contributed by atoms with Gasteiger partial charge in [0.1, 0.15) is 19.0 Å². The molecule has 26 heavy (non-hydrogen) atoms. The van der Waals surface area contributed by atoms with Gasteiger partial charge in [-0.2, -0.15) is 0 Å². The predicted octanol–water partition coefficient (Wildman–Crippen LogP) is 2.57. The van der Waals surface area contributed by atoms with E-state index in [0.717, 1.165) is 11.4 Å². The Morgan fingerprint density at radius 3 is 2.27 bits per heavy atom. The number of aromatic nitrogens is 1. The van der Waals surface area contributed by atoms with Crippen molar-refractivity contribution in [3.63, 3.8) is 0 Å². The smallest absolute Gasteiger partial charge is 0.340 e. The van der Waals surface area contributed by atoms with Crippen molar-refractivity contribution in [2.24, 2.45) is 5.14 Å². The summed E-state index contributed by atoms with van der Waals surface area (Å²) in [4.78, 5) is 12.3. The van der Waals surface area contributed by atoms with Gasteiger partial charge in [0.05, 0.1) is 10.5 Å². The molecule has 0 bridgehead atoms. The van der Waals surface area contributed by atoms with Gasteiger partial charge in [-0.3, -0.25) is 0 Å². The molecule has 8 heteroatoms. The zero-order chi connectivity index (χ0) is 19.5. The Hall–Kier alpha value is -2.32. The van der Waals surface area contributed by atoms with E-state index in [4.69, 9.17) is 14.6 Å². The summed E-state index contributed by atoms with van der Waals surface area (Å²) in [5, 5.41) is 5.03. The predicted molar refractivity (Wildman–Crippen MR) is 97.9 cm³/mol. The first kappa shape index (κ1) is 20.0. The van der Waals surface area contributed by atoms with Crippen LogP contribution >= 0.6 is 0 Å². The summed E-state index contributed by atoms with van der Waals surface area (Å²) in [6, 6.07) is 7.80. The van der Waals surface area contributed by atoms with E-state index in [1.165, 1.54) is 24.3 Å². The third-order valence-corrected chi connectivity index (χ3v) is 4.89. The van der Waals surface area contributed by atoms with Crippen LogP contribution in [-0.2, 0) is 14.8 Å². The van der Waals surface area contributed by atoms with Crippen LogP contribution in [0.15, 0.2) is 35.2 Å². The van der Waals surface area contributed by atoms with Gasteiger partial charge >= 0.3 is 5.97 Å². The van der Waals surface area contributed by atoms with Crippen LogP contribution in [-0.4, -0.2) is 32.2 Å². The minimum Gasteiger partial charge on any atom is -0.490 e. The first-order chi connectivity index (χ1) is 12.1. The molecular formula is C18H24N2O5S. The Balaban J connectivity index is 1.88. The molecule has 0 aliphatic carbocycles. The van der Waals surface area contributed by atoms with Gasteiger partial charge < -0.3 is 14.0 Å². The molecule has 2 rings (SSSR count). The van der Waals surface area contributed by atoms with Crippen LogP contribution in [0.5, 0.6) is 5.75 Å². The van der Waals surface area contributed by atoms with Crippen molar-refractivity contribution < 1.29 is 22.7 Å². The second-order valence-electron chi connectivity index (χ2n) is 6.25. The number of primary sulfonamides is 1. The molecule has 1 heterocycles. The van der Waals surface area contributed by atoms with Crippen molar-refractivity contribution in [1.29, 1.82) is 0 Å². The first-order valence-electron chi connectivity index (χ1n) is 8.22. The van der Waals surface area contributed by atoms with E-state index in [1.54, 1.807) is 0 Å². The molecule has 1 aromatic heterocycles. The van der Waals surface area contributed by atoms with E-state index in [9.17, 15) is 13.2 Å². The van der Waals surface area contributed by atoms with Gasteiger partial charge in [-0.15, -0.1) is 0 Å². The van der Waals surface area contributed by atoms with Crippen molar-refractivity contribution in [3.05, 3.63) is 47.3 Å². The monoisotopic (exact) mass is 380 g/mol. The lowest BCUT2D eigenvalue weighted by molar-refractivity contribution is 0.0449. The number of benzene rings is 1. The number of aryl methyl sites for hydroxylation is 1. The van der Waals surface area contributed by atoms with Crippen LogP contribution in [0.25, 0.3) is 0 Å². The number of esters is 1. The number of carbonyl (C=O) groups is 1. The standard InChI is InChI=1S/C18H24N2O5S/c1-12(2)20-13(3)11-17(14(20)4)18(21)25-10-9-24-15-5-7-16(8-6-15)26(19,22)23/h5-8,11-12H,9-10H2,1-4H3,(H2,19,22,23). The lowest BCUT2D eigenvalue weighted by atomic mass is 10.2. The zero-order valence-electron chi connectivity index (χ0n) is 15.4. The van der Waals surface area contributed by atoms with Crippen molar-refractivity contribution in [2.45, 2.75) is 38.6 Å². The van der Waals surface area contributed by atoms with Crippen molar-refractivity contribution >= 4 is 16.0 Å². The summed E-state index contributed by atoms with van der Waals surface area (Å²) in [5.74, 6) is 0.0737. The van der Waals surface area contributed by atoms with Crippen LogP contribution in [0, 0.1) is 13.8 Å². The molecule has 0 aliphatic rings. The van der Waals surface area contributed by atoms with E-state index in [0.29, 0.717) is 11.3 Å². The van der Waals surface area contributed by atoms with Gasteiger partial charge in [-0.1, -0.05) is 0 Å². The van der Waals surface area contributed by atoms with Gasteiger partial charge in [0.15, 0.2) is 0 Å². The molecule has 0 unspecified atom stereocenters. The molecule has 2 N–H and O–H groups in total. The van der Waals surface area contributed by atoms with Gasteiger partial charge in [-0.25, -0.2) is 18.4 Å². The highest BCUT2D eigenvalue weighted by Crippen LogP contribution is 2.21. The molecule has 0 aliphatic heterocycles. The highest BCUT2D eigenvalue weighted by Gasteiger charge is 2.18. The zero-order valence-corrected chi connectivity index (χ0v) is 16.2. The lowest BCUT2D eigenvalue weighted by Gasteiger charge is -2.13. The molecule has 142 valence electrons. The Bertz CT molecular complexity index is 883. The maximum Gasteiger partial charge on any atom is 0.340 e. The molecular weight excluding hydrogens is 356 g/mol. The van der Waals surface area contributed by atoms with Crippen LogP contribution in [0.2, 0.25) is 0 Å². The van der Waals surface area contributed by atoms with Gasteiger partial charge in [0, 0.05) is 17.4 Å². The highest BCUT2D eigenvalue weighted by atomic mass is 32.2. The third kappa shape index (κ3) is 4.64. The summed E-state index contributed by atoms with van der Waals surface area (Å²) < 4.78 is 35.2. The normalized spacial score (nSPS) is 11.6. The minimum absolute atomic E-state index is 0.0109. The number of nitrogens with two attached hydrogens (primary N) is 1. The van der Waals surface area contributed by atoms with Gasteiger partial charge in [-0.05, 0) is 58.0 Å². The fourth-order valence-electron chi connectivity index (χ4n) is 2.88. The molecule has 7 nitrogen and oxygen atoms in total. The number of hydrogen-bond donors (Lipinski definition) is 1. The second kappa shape index (κ2) is 7.92. The highest BCUT2D eigenvalue weighted by molar-refractivity contribution is 7.89. The number of nitrogens with zero attached hydrogens (tertiary/aromatic N) is 1. The molecule has 0 saturated heterocycles. The average molecular weight is 380 g/mol. The summed E-state index contributed by atoms with van der Waals surface area (Å²) in [5.41, 5.74) is 2.44. The fourth-order valence-corrected chi connectivity index (χ4v) is 3.39. The summed E-state index contributed by atoms with van der Waals surface area (Å²) >= 11 is 0. The first-order valence-corrected chi connectivity index (χ1v) is 9.77. The quantitative estimate of drug-likeness (QED) is 0.588. The Morgan fingerprint density at radius 1 is 1.15 bits per heavy atom. The molecule has 0 spiro atoms. The lowest BCUT2D eigenvalue weighted by Crippen LogP contribution is -2.14. The molecule has 0 amide bonds. The van der Waals surface area contributed by atoms with E-state index < -0.39 is 16.0 Å². The molecule has 1 aromatic carbocycles. The molecule has 0 saturated carbocycles. The van der Waals surface area contributed by atoms with Crippen LogP contribution in [0.4, 0.5) is 0 Å². The topological polar surface area (TPSA) is 101 Å². The van der Waals surface area contributed by atoms with Gasteiger partial charge in [0.2, 0.25) is 10.0 Å². The summed E-state index contributed by atoms with van der Waals surface area (Å²) in [6.45, 7) is 8.21. The van der Waals surface area contributed by atoms with E-state index in [2.05, 4.69) is 18.4 Å². The van der Waals surface area contributed by atoms with E-state index in [-0.39, 0.29) is 24.2 Å². The molecule has 0 atom stereocenters. The number of rotatable bonds is 7. The molecule has 2 aromatic rings. The maximum atomic E-state index is 12.2. The summed E-state index contributed by atoms with van der Waals surface area (Å²) in [6.07, 6.45) is 0. The van der Waals surface area contributed by atoms with Crippen LogP contribution in [0.3, 0.4) is 0 Å². The van der Waals surface area contributed by atoms with Crippen molar-refractivity contribution in [1.82, 2.24) is 4.57 Å². The minimum atomic E-state index is -3.73. The Kier molecular flexibility index (Phi) is 6.09. The largest absolute Gasteiger partial charge is 0.490 e. The van der Waals surface area contributed by atoms with Crippen LogP contribution in [0.1, 0.15) is 41.6 Å². The van der Waals surface area contributed by atoms with E-state index >= 15 is 0 Å². The Morgan fingerprint density at radius 2 is 1.77 bits per heavy atom. The van der Waals surface area contributed by atoms with Crippen molar-refractivity contribution in [2.75, 3.05) is 13.2 Å². The van der Waals surface area contributed by atoms with E-state index in [1.807, 2.05) is 19.9 Å². The SMILES string of the molecule is Cc1cc(C(=O)OCCOc2ccc(S(N)(=O)=O)cc2)c(C)n1C(C)C. The third-order valence-electron chi connectivity index (χ3n) is 3.96. The maximum absolute atomic E-state index is 12.2. The Labute approximate surface area is 153 Å². The number of sulfonamides is 1. The van der Waals surface area contributed by atoms with Gasteiger partial charge in [0.25, 0.3) is 0 Å². The average Bonchev–Trinajstić information content (AvgIpc) is 2.85. The number of ether oxygens (including phenoxy) is 2. The fraction of sp³-hybridized carbons (Fsp3) is 0.389. The summed E-state index contributed by atoms with van der Waals surface area (Å²) in [7, 11) is -3.73. The molecule has 0 fully saturated rings.